The molecule has 0 spiro atoms. The molecule has 3 amide bonds. The first-order valence-electron chi connectivity index (χ1n) is 10.0. The molecular formula is C21H31N3O3. The van der Waals surface area contributed by atoms with Crippen molar-refractivity contribution in [3.8, 4) is 0 Å². The predicted octanol–water partition coefficient (Wildman–Crippen LogP) is 3.89. The van der Waals surface area contributed by atoms with E-state index in [2.05, 4.69) is 10.6 Å². The van der Waals surface area contributed by atoms with Crippen LogP contribution < -0.4 is 10.6 Å². The molecule has 148 valence electrons. The lowest BCUT2D eigenvalue weighted by Crippen LogP contribution is -2.36. The molecule has 2 aliphatic rings. The van der Waals surface area contributed by atoms with Gasteiger partial charge in [-0.1, -0.05) is 18.9 Å². The molecule has 0 aromatic heterocycles. The molecule has 27 heavy (non-hydrogen) atoms. The summed E-state index contributed by atoms with van der Waals surface area (Å²) in [5.41, 5.74) is 1.70. The van der Waals surface area contributed by atoms with E-state index in [9.17, 15) is 14.7 Å². The molecule has 1 aliphatic carbocycles. The maximum Gasteiger partial charge on any atom is 0.321 e. The van der Waals surface area contributed by atoms with Gasteiger partial charge >= 0.3 is 6.03 Å². The second kappa shape index (κ2) is 8.30. The molecule has 1 aliphatic heterocycles. The molecule has 0 unspecified atom stereocenters. The highest BCUT2D eigenvalue weighted by Crippen LogP contribution is 2.28. The number of likely N-dealkylation sites (tertiary alicyclic amines) is 1. The molecule has 1 saturated heterocycles. The average molecular weight is 373 g/mol. The minimum absolute atomic E-state index is 0.0776. The number of carbonyl (C=O) groups excluding carboxylic acids is 2. The Hall–Kier alpha value is -2.08. The van der Waals surface area contributed by atoms with Crippen LogP contribution in [0.3, 0.4) is 0 Å². The Balaban J connectivity index is 1.63. The minimum atomic E-state index is -0.698. The van der Waals surface area contributed by atoms with Crippen molar-refractivity contribution in [2.45, 2.75) is 64.4 Å². The fourth-order valence-corrected chi connectivity index (χ4v) is 3.93. The summed E-state index contributed by atoms with van der Waals surface area (Å²) < 4.78 is 0. The Morgan fingerprint density at radius 1 is 1.11 bits per heavy atom. The lowest BCUT2D eigenvalue weighted by molar-refractivity contribution is -0.119. The van der Waals surface area contributed by atoms with E-state index < -0.39 is 5.60 Å². The van der Waals surface area contributed by atoms with Crippen LogP contribution in [0.1, 0.15) is 57.4 Å². The first kappa shape index (κ1) is 19.7. The third-order valence-electron chi connectivity index (χ3n) is 5.82. The topological polar surface area (TPSA) is 81.7 Å². The number of benzene rings is 1. The number of urea groups is 1. The van der Waals surface area contributed by atoms with Crippen molar-refractivity contribution in [1.29, 1.82) is 0 Å². The van der Waals surface area contributed by atoms with Crippen molar-refractivity contribution in [3.05, 3.63) is 23.8 Å². The molecule has 1 saturated carbocycles. The quantitative estimate of drug-likeness (QED) is 0.752. The van der Waals surface area contributed by atoms with Gasteiger partial charge in [0.2, 0.25) is 5.91 Å². The maximum absolute atomic E-state index is 12.6. The SMILES string of the molecule is Cc1ccc(NC(=O)N2CCC[C@@](C)(O)CC2)cc1NC(=O)C1CCCC1. The number of aryl methyl sites for hydroxylation is 1. The van der Waals surface area contributed by atoms with Crippen molar-refractivity contribution >= 4 is 23.3 Å². The molecule has 0 bridgehead atoms. The first-order valence-corrected chi connectivity index (χ1v) is 10.0. The Morgan fingerprint density at radius 2 is 1.85 bits per heavy atom. The van der Waals surface area contributed by atoms with E-state index >= 15 is 0 Å². The van der Waals surface area contributed by atoms with E-state index in [0.717, 1.165) is 43.4 Å². The van der Waals surface area contributed by atoms with Crippen molar-refractivity contribution in [2.75, 3.05) is 23.7 Å². The van der Waals surface area contributed by atoms with Crippen LogP contribution in [-0.4, -0.2) is 40.6 Å². The molecule has 2 fully saturated rings. The fourth-order valence-electron chi connectivity index (χ4n) is 3.93. The molecule has 1 aromatic carbocycles. The van der Waals surface area contributed by atoms with Crippen LogP contribution in [0.5, 0.6) is 0 Å². The van der Waals surface area contributed by atoms with Crippen LogP contribution in [0.4, 0.5) is 16.2 Å². The number of amides is 3. The predicted molar refractivity (Wildman–Crippen MR) is 107 cm³/mol. The third-order valence-corrected chi connectivity index (χ3v) is 5.82. The molecule has 6 nitrogen and oxygen atoms in total. The van der Waals surface area contributed by atoms with E-state index in [-0.39, 0.29) is 17.9 Å². The van der Waals surface area contributed by atoms with Gasteiger partial charge in [-0.15, -0.1) is 0 Å². The van der Waals surface area contributed by atoms with E-state index in [1.165, 1.54) is 0 Å². The van der Waals surface area contributed by atoms with Gasteiger partial charge in [-0.25, -0.2) is 4.79 Å². The number of rotatable bonds is 3. The first-order chi connectivity index (χ1) is 12.8. The summed E-state index contributed by atoms with van der Waals surface area (Å²) in [5.74, 6) is 0.182. The van der Waals surface area contributed by atoms with Gasteiger partial charge < -0.3 is 20.6 Å². The number of hydrogen-bond donors (Lipinski definition) is 3. The number of nitrogens with zero attached hydrogens (tertiary/aromatic N) is 1. The summed E-state index contributed by atoms with van der Waals surface area (Å²) in [6, 6.07) is 5.43. The van der Waals surface area contributed by atoms with Crippen molar-refractivity contribution < 1.29 is 14.7 Å². The van der Waals surface area contributed by atoms with Gasteiger partial charge in [-0.3, -0.25) is 4.79 Å². The van der Waals surface area contributed by atoms with Crippen LogP contribution in [0.15, 0.2) is 18.2 Å². The van der Waals surface area contributed by atoms with Gasteiger partial charge in [0.05, 0.1) is 5.60 Å². The fraction of sp³-hybridized carbons (Fsp3) is 0.619. The molecule has 3 rings (SSSR count). The second-order valence-electron chi connectivity index (χ2n) is 8.27. The van der Waals surface area contributed by atoms with E-state index in [4.69, 9.17) is 0 Å². The van der Waals surface area contributed by atoms with E-state index in [1.807, 2.05) is 32.0 Å². The van der Waals surface area contributed by atoms with E-state index in [0.29, 0.717) is 31.6 Å². The van der Waals surface area contributed by atoms with Crippen LogP contribution >= 0.6 is 0 Å². The lowest BCUT2D eigenvalue weighted by Gasteiger charge is -2.23. The van der Waals surface area contributed by atoms with Crippen molar-refractivity contribution in [1.82, 2.24) is 4.90 Å². The highest BCUT2D eigenvalue weighted by atomic mass is 16.3. The zero-order chi connectivity index (χ0) is 19.4. The highest BCUT2D eigenvalue weighted by Gasteiger charge is 2.27. The molecule has 6 heteroatoms. The monoisotopic (exact) mass is 373 g/mol. The van der Waals surface area contributed by atoms with Gasteiger partial charge in [0.1, 0.15) is 0 Å². The summed E-state index contributed by atoms with van der Waals surface area (Å²) >= 11 is 0. The minimum Gasteiger partial charge on any atom is -0.390 e. The summed E-state index contributed by atoms with van der Waals surface area (Å²) in [7, 11) is 0. The van der Waals surface area contributed by atoms with E-state index in [1.54, 1.807) is 4.90 Å². The molecular weight excluding hydrogens is 342 g/mol. The summed E-state index contributed by atoms with van der Waals surface area (Å²) in [4.78, 5) is 26.8. The Morgan fingerprint density at radius 3 is 2.59 bits per heavy atom. The molecule has 3 N–H and O–H groups in total. The Labute approximate surface area is 161 Å². The van der Waals surface area contributed by atoms with Crippen LogP contribution in [-0.2, 0) is 4.79 Å². The number of aliphatic hydroxyl groups is 1. The van der Waals surface area contributed by atoms with Gasteiger partial charge in [0, 0.05) is 30.4 Å². The van der Waals surface area contributed by atoms with Gasteiger partial charge in [0.25, 0.3) is 0 Å². The summed E-state index contributed by atoms with van der Waals surface area (Å²) in [6.07, 6.45) is 6.23. The number of nitrogens with one attached hydrogen (secondary N) is 2. The van der Waals surface area contributed by atoms with Crippen molar-refractivity contribution in [2.24, 2.45) is 5.92 Å². The number of hydrogen-bond acceptors (Lipinski definition) is 3. The van der Waals surface area contributed by atoms with Crippen molar-refractivity contribution in [3.63, 3.8) is 0 Å². The number of carbonyl (C=O) groups is 2. The van der Waals surface area contributed by atoms with Crippen LogP contribution in [0, 0.1) is 12.8 Å². The molecule has 1 heterocycles. The molecule has 1 aromatic rings. The lowest BCUT2D eigenvalue weighted by atomic mass is 9.98. The largest absolute Gasteiger partial charge is 0.390 e. The smallest absolute Gasteiger partial charge is 0.321 e. The maximum atomic E-state index is 12.6. The summed E-state index contributed by atoms with van der Waals surface area (Å²) in [5, 5.41) is 16.1. The summed E-state index contributed by atoms with van der Waals surface area (Å²) in [6.45, 7) is 4.95. The highest BCUT2D eigenvalue weighted by molar-refractivity contribution is 5.95. The molecule has 1 atom stereocenters. The zero-order valence-electron chi connectivity index (χ0n) is 16.4. The van der Waals surface area contributed by atoms with Gasteiger partial charge in [-0.05, 0) is 63.6 Å². The zero-order valence-corrected chi connectivity index (χ0v) is 16.4. The van der Waals surface area contributed by atoms with Gasteiger partial charge in [-0.2, -0.15) is 0 Å². The Kier molecular flexibility index (Phi) is 6.05. The second-order valence-corrected chi connectivity index (χ2v) is 8.27. The third kappa shape index (κ3) is 5.22. The van der Waals surface area contributed by atoms with Crippen LogP contribution in [0.25, 0.3) is 0 Å². The Bertz CT molecular complexity index is 696. The van der Waals surface area contributed by atoms with Crippen LogP contribution in [0.2, 0.25) is 0 Å². The van der Waals surface area contributed by atoms with Gasteiger partial charge in [0.15, 0.2) is 0 Å². The average Bonchev–Trinajstić information content (AvgIpc) is 3.09. The molecule has 0 radical (unpaired) electrons. The number of anilines is 2. The standard InChI is InChI=1S/C21H31N3O3/c1-15-8-9-17(14-18(15)23-19(25)16-6-3-4-7-16)22-20(26)24-12-5-10-21(2,27)11-13-24/h8-9,14,16,27H,3-7,10-13H2,1-2H3,(H,22,26)(H,23,25)/t21-/m1/s1. The normalized spacial score (nSPS) is 23.7.